The molecule has 1 heterocycles. The summed E-state index contributed by atoms with van der Waals surface area (Å²) in [5, 5.41) is 0. The van der Waals surface area contributed by atoms with Crippen molar-refractivity contribution in [3.8, 4) is 11.5 Å². The van der Waals surface area contributed by atoms with Crippen LogP contribution in [-0.4, -0.2) is 31.6 Å². The van der Waals surface area contributed by atoms with E-state index in [1.807, 2.05) is 48.5 Å². The van der Waals surface area contributed by atoms with Crippen LogP contribution in [0.5, 0.6) is 11.5 Å². The molecule has 0 spiro atoms. The molecule has 2 aromatic carbocycles. The molecule has 0 N–H and O–H groups in total. The highest BCUT2D eigenvalue weighted by molar-refractivity contribution is 5.98. The van der Waals surface area contributed by atoms with Gasteiger partial charge in [0.05, 0.1) is 14.2 Å². The number of hydrogen-bond acceptors (Lipinski definition) is 3. The fourth-order valence-corrected chi connectivity index (χ4v) is 2.97. The minimum atomic E-state index is -0.0747. The molecule has 25 heavy (non-hydrogen) atoms. The van der Waals surface area contributed by atoms with Crippen molar-refractivity contribution in [1.82, 2.24) is 4.90 Å². The van der Waals surface area contributed by atoms with Gasteiger partial charge in [-0.25, -0.2) is 0 Å². The Balaban J connectivity index is 1.83. The van der Waals surface area contributed by atoms with Crippen LogP contribution in [0.3, 0.4) is 0 Å². The predicted octanol–water partition coefficient (Wildman–Crippen LogP) is 3.77. The Hall–Kier alpha value is -3.01. The third-order valence-electron chi connectivity index (χ3n) is 4.33. The van der Waals surface area contributed by atoms with Gasteiger partial charge in [0.25, 0.3) is 5.91 Å². The smallest absolute Gasteiger partial charge is 0.250 e. The van der Waals surface area contributed by atoms with Gasteiger partial charge in [-0.05, 0) is 35.8 Å². The van der Waals surface area contributed by atoms with E-state index in [0.717, 1.165) is 23.1 Å². The van der Waals surface area contributed by atoms with Crippen LogP contribution in [0.1, 0.15) is 16.7 Å². The number of amides is 1. The van der Waals surface area contributed by atoms with Gasteiger partial charge in [0.15, 0.2) is 11.5 Å². The molecule has 4 nitrogen and oxygen atoms in total. The number of ether oxygens (including phenoxy) is 2. The van der Waals surface area contributed by atoms with Crippen molar-refractivity contribution < 1.29 is 14.3 Å². The van der Waals surface area contributed by atoms with Crippen LogP contribution in [-0.2, 0) is 11.2 Å². The van der Waals surface area contributed by atoms with Crippen LogP contribution in [0.2, 0.25) is 0 Å². The Morgan fingerprint density at radius 2 is 1.80 bits per heavy atom. The van der Waals surface area contributed by atoms with Crippen LogP contribution >= 0.6 is 0 Å². The first-order valence-corrected chi connectivity index (χ1v) is 8.13. The molecule has 0 fully saturated rings. The molecule has 0 atom stereocenters. The van der Waals surface area contributed by atoms with Crippen molar-refractivity contribution in [2.45, 2.75) is 6.42 Å². The second-order valence-electron chi connectivity index (χ2n) is 5.79. The van der Waals surface area contributed by atoms with Crippen LogP contribution in [0.25, 0.3) is 11.8 Å². The maximum absolute atomic E-state index is 12.6. The summed E-state index contributed by atoms with van der Waals surface area (Å²) in [6.07, 6.45) is 4.16. The molecule has 0 saturated carbocycles. The van der Waals surface area contributed by atoms with E-state index in [2.05, 4.69) is 6.58 Å². The summed E-state index contributed by atoms with van der Waals surface area (Å²) in [4.78, 5) is 14.3. The molecule has 1 aliphatic heterocycles. The third-order valence-corrected chi connectivity index (χ3v) is 4.33. The zero-order valence-electron chi connectivity index (χ0n) is 14.5. The summed E-state index contributed by atoms with van der Waals surface area (Å²) >= 11 is 0. The standard InChI is InChI=1S/C21H21NO3/c1-15-18-14-20(25-3)19(24-2)13-17(18)11-12-22(15)21(23)10-9-16-7-5-4-6-8-16/h4-10,13-14H,1,11-12H2,2-3H3/b10-9+. The molecule has 0 aliphatic carbocycles. The van der Waals surface area contributed by atoms with Gasteiger partial charge >= 0.3 is 0 Å². The van der Waals surface area contributed by atoms with Gasteiger partial charge in [0.2, 0.25) is 0 Å². The third kappa shape index (κ3) is 3.43. The van der Waals surface area contributed by atoms with Gasteiger partial charge in [0.1, 0.15) is 0 Å². The Kier molecular flexibility index (Phi) is 4.89. The maximum atomic E-state index is 12.6. The summed E-state index contributed by atoms with van der Waals surface area (Å²) in [5.74, 6) is 1.25. The largest absolute Gasteiger partial charge is 0.493 e. The van der Waals surface area contributed by atoms with E-state index in [1.165, 1.54) is 0 Å². The number of carbonyl (C=O) groups is 1. The molecule has 0 bridgehead atoms. The average Bonchev–Trinajstić information content (AvgIpc) is 2.66. The number of fused-ring (bicyclic) bond motifs is 1. The molecular weight excluding hydrogens is 314 g/mol. The quantitative estimate of drug-likeness (QED) is 0.798. The van der Waals surface area contributed by atoms with Crippen molar-refractivity contribution in [1.29, 1.82) is 0 Å². The molecule has 0 unspecified atom stereocenters. The molecule has 0 radical (unpaired) electrons. The number of nitrogens with zero attached hydrogens (tertiary/aromatic N) is 1. The SMILES string of the molecule is C=C1c2cc(OC)c(OC)cc2CCN1C(=O)/C=C/c1ccccc1. The lowest BCUT2D eigenvalue weighted by Gasteiger charge is -2.30. The molecule has 1 amide bonds. The van der Waals surface area contributed by atoms with Gasteiger partial charge in [-0.2, -0.15) is 0 Å². The molecule has 128 valence electrons. The van der Waals surface area contributed by atoms with Gasteiger partial charge in [-0.1, -0.05) is 36.9 Å². The van der Waals surface area contributed by atoms with Crippen LogP contribution in [0, 0.1) is 0 Å². The van der Waals surface area contributed by atoms with E-state index in [-0.39, 0.29) is 5.91 Å². The topological polar surface area (TPSA) is 38.8 Å². The first-order chi connectivity index (χ1) is 12.1. The minimum Gasteiger partial charge on any atom is -0.493 e. The van der Waals surface area contributed by atoms with Crippen molar-refractivity contribution in [2.24, 2.45) is 0 Å². The molecule has 1 aliphatic rings. The minimum absolute atomic E-state index is 0.0747. The van der Waals surface area contributed by atoms with Gasteiger partial charge in [-0.15, -0.1) is 0 Å². The Bertz CT molecular complexity index is 825. The average molecular weight is 335 g/mol. The van der Waals surface area contributed by atoms with Crippen molar-refractivity contribution in [3.05, 3.63) is 71.8 Å². The van der Waals surface area contributed by atoms with Crippen molar-refractivity contribution >= 4 is 17.7 Å². The van der Waals surface area contributed by atoms with E-state index in [0.29, 0.717) is 23.7 Å². The second kappa shape index (κ2) is 7.26. The van der Waals surface area contributed by atoms with Crippen molar-refractivity contribution in [3.63, 3.8) is 0 Å². The number of methoxy groups -OCH3 is 2. The molecule has 3 rings (SSSR count). The van der Waals surface area contributed by atoms with Crippen LogP contribution in [0.4, 0.5) is 0 Å². The first-order valence-electron chi connectivity index (χ1n) is 8.13. The lowest BCUT2D eigenvalue weighted by Crippen LogP contribution is -2.33. The Morgan fingerprint density at radius 3 is 2.48 bits per heavy atom. The Labute approximate surface area is 148 Å². The summed E-state index contributed by atoms with van der Waals surface area (Å²) in [7, 11) is 3.22. The Morgan fingerprint density at radius 1 is 1.12 bits per heavy atom. The van der Waals surface area contributed by atoms with E-state index in [4.69, 9.17) is 9.47 Å². The van der Waals surface area contributed by atoms with Gasteiger partial charge < -0.3 is 14.4 Å². The number of hydrogen-bond donors (Lipinski definition) is 0. The zero-order valence-corrected chi connectivity index (χ0v) is 14.5. The summed E-state index contributed by atoms with van der Waals surface area (Å²) in [6, 6.07) is 13.6. The van der Waals surface area contributed by atoms with E-state index in [9.17, 15) is 4.79 Å². The van der Waals surface area contributed by atoms with Crippen LogP contribution < -0.4 is 9.47 Å². The molecule has 4 heteroatoms. The van der Waals surface area contributed by atoms with Gasteiger partial charge in [0, 0.05) is 23.9 Å². The number of rotatable bonds is 4. The lowest BCUT2D eigenvalue weighted by molar-refractivity contribution is -0.123. The fourth-order valence-electron chi connectivity index (χ4n) is 2.97. The van der Waals surface area contributed by atoms with Gasteiger partial charge in [-0.3, -0.25) is 4.79 Å². The van der Waals surface area contributed by atoms with E-state index >= 15 is 0 Å². The lowest BCUT2D eigenvalue weighted by atomic mass is 9.96. The zero-order chi connectivity index (χ0) is 17.8. The maximum Gasteiger partial charge on any atom is 0.250 e. The fraction of sp³-hybridized carbons (Fsp3) is 0.190. The highest BCUT2D eigenvalue weighted by atomic mass is 16.5. The van der Waals surface area contributed by atoms with E-state index in [1.54, 1.807) is 25.2 Å². The number of benzene rings is 2. The molecule has 0 aromatic heterocycles. The van der Waals surface area contributed by atoms with E-state index < -0.39 is 0 Å². The molecular formula is C21H21NO3. The highest BCUT2D eigenvalue weighted by Crippen LogP contribution is 2.37. The van der Waals surface area contributed by atoms with Crippen LogP contribution in [0.15, 0.2) is 55.1 Å². The number of carbonyl (C=O) groups excluding carboxylic acids is 1. The highest BCUT2D eigenvalue weighted by Gasteiger charge is 2.25. The van der Waals surface area contributed by atoms with Crippen molar-refractivity contribution in [2.75, 3.05) is 20.8 Å². The second-order valence-corrected chi connectivity index (χ2v) is 5.79. The molecule has 0 saturated heterocycles. The predicted molar refractivity (Wildman–Crippen MR) is 99.5 cm³/mol. The normalized spacial score (nSPS) is 13.7. The molecule has 2 aromatic rings. The summed E-state index contributed by atoms with van der Waals surface area (Å²) in [6.45, 7) is 4.72. The first kappa shape index (κ1) is 16.8. The summed E-state index contributed by atoms with van der Waals surface area (Å²) in [5.41, 5.74) is 3.71. The monoisotopic (exact) mass is 335 g/mol. The summed E-state index contributed by atoms with van der Waals surface area (Å²) < 4.78 is 10.7.